The number of rotatable bonds is 9. The average molecular weight is 383 g/mol. The SMILES string of the molecule is Cc1cccc(OCCCC(=O)NCc2ccccc2CN2CCOCC2)c1. The van der Waals surface area contributed by atoms with Crippen molar-refractivity contribution in [1.82, 2.24) is 10.2 Å². The number of hydrogen-bond donors (Lipinski definition) is 1. The first kappa shape index (κ1) is 20.4. The Labute approximate surface area is 167 Å². The Balaban J connectivity index is 1.39. The van der Waals surface area contributed by atoms with Crippen molar-refractivity contribution < 1.29 is 14.3 Å². The van der Waals surface area contributed by atoms with Crippen molar-refractivity contribution in [2.24, 2.45) is 0 Å². The first-order valence-electron chi connectivity index (χ1n) is 10.0. The largest absolute Gasteiger partial charge is 0.494 e. The molecule has 0 unspecified atom stereocenters. The lowest BCUT2D eigenvalue weighted by Crippen LogP contribution is -2.36. The molecule has 150 valence electrons. The summed E-state index contributed by atoms with van der Waals surface area (Å²) in [6, 6.07) is 16.3. The van der Waals surface area contributed by atoms with Crippen LogP contribution in [0.5, 0.6) is 5.75 Å². The highest BCUT2D eigenvalue weighted by Gasteiger charge is 2.13. The molecule has 3 rings (SSSR count). The van der Waals surface area contributed by atoms with Crippen LogP contribution in [0.3, 0.4) is 0 Å². The number of morpholine rings is 1. The number of nitrogens with zero attached hydrogens (tertiary/aromatic N) is 1. The summed E-state index contributed by atoms with van der Waals surface area (Å²) in [6.07, 6.45) is 1.17. The number of nitrogens with one attached hydrogen (secondary N) is 1. The molecule has 1 amide bonds. The molecule has 0 aromatic heterocycles. The lowest BCUT2D eigenvalue weighted by Gasteiger charge is -2.27. The van der Waals surface area contributed by atoms with Gasteiger partial charge in [-0.1, -0.05) is 36.4 Å². The average Bonchev–Trinajstić information content (AvgIpc) is 2.71. The van der Waals surface area contributed by atoms with Gasteiger partial charge in [0.1, 0.15) is 5.75 Å². The van der Waals surface area contributed by atoms with Gasteiger partial charge in [-0.25, -0.2) is 0 Å². The molecule has 0 aliphatic carbocycles. The third-order valence-electron chi connectivity index (χ3n) is 4.90. The maximum absolute atomic E-state index is 12.2. The van der Waals surface area contributed by atoms with Gasteiger partial charge < -0.3 is 14.8 Å². The van der Waals surface area contributed by atoms with Crippen LogP contribution >= 0.6 is 0 Å². The standard InChI is InChI=1S/C23H30N2O3/c1-19-6-4-9-22(16-19)28-13-5-10-23(26)24-17-20-7-2-3-8-21(20)18-25-11-14-27-15-12-25/h2-4,6-9,16H,5,10-15,17-18H2,1H3,(H,24,26). The number of ether oxygens (including phenoxy) is 2. The second-order valence-electron chi connectivity index (χ2n) is 7.20. The van der Waals surface area contributed by atoms with Gasteiger partial charge in [0.15, 0.2) is 0 Å². The maximum Gasteiger partial charge on any atom is 0.220 e. The molecule has 1 fully saturated rings. The lowest BCUT2D eigenvalue weighted by atomic mass is 10.1. The normalized spacial score (nSPS) is 14.6. The molecule has 0 bridgehead atoms. The van der Waals surface area contributed by atoms with Crippen molar-refractivity contribution in [3.05, 3.63) is 65.2 Å². The first-order chi connectivity index (χ1) is 13.7. The van der Waals surface area contributed by atoms with Crippen LogP contribution in [0.25, 0.3) is 0 Å². The Morgan fingerprint density at radius 2 is 1.89 bits per heavy atom. The highest BCUT2D eigenvalue weighted by molar-refractivity contribution is 5.75. The highest BCUT2D eigenvalue weighted by Crippen LogP contribution is 2.14. The van der Waals surface area contributed by atoms with E-state index in [-0.39, 0.29) is 5.91 Å². The summed E-state index contributed by atoms with van der Waals surface area (Å²) in [5.74, 6) is 0.923. The van der Waals surface area contributed by atoms with E-state index in [1.165, 1.54) is 16.7 Å². The van der Waals surface area contributed by atoms with Crippen LogP contribution in [0.2, 0.25) is 0 Å². The summed E-state index contributed by atoms with van der Waals surface area (Å²) in [7, 11) is 0. The molecule has 5 heteroatoms. The molecule has 1 aliphatic heterocycles. The number of amides is 1. The van der Waals surface area contributed by atoms with Crippen LogP contribution < -0.4 is 10.1 Å². The number of aryl methyl sites for hydroxylation is 1. The first-order valence-corrected chi connectivity index (χ1v) is 10.0. The number of carbonyl (C=O) groups is 1. The van der Waals surface area contributed by atoms with E-state index < -0.39 is 0 Å². The van der Waals surface area contributed by atoms with Crippen LogP contribution in [-0.2, 0) is 22.6 Å². The zero-order chi connectivity index (χ0) is 19.6. The molecule has 28 heavy (non-hydrogen) atoms. The molecule has 1 aliphatic rings. The van der Waals surface area contributed by atoms with Crippen molar-refractivity contribution in [1.29, 1.82) is 0 Å². The summed E-state index contributed by atoms with van der Waals surface area (Å²) >= 11 is 0. The van der Waals surface area contributed by atoms with Crippen molar-refractivity contribution in [3.63, 3.8) is 0 Å². The minimum Gasteiger partial charge on any atom is -0.494 e. The quantitative estimate of drug-likeness (QED) is 0.676. The Bertz CT molecular complexity index is 757. The summed E-state index contributed by atoms with van der Waals surface area (Å²) < 4.78 is 11.1. The molecule has 5 nitrogen and oxygen atoms in total. The van der Waals surface area contributed by atoms with E-state index in [9.17, 15) is 4.79 Å². The predicted octanol–water partition coefficient (Wildman–Crippen LogP) is 3.30. The second kappa shape index (κ2) is 10.8. The predicted molar refractivity (Wildman–Crippen MR) is 110 cm³/mol. The van der Waals surface area contributed by atoms with Crippen LogP contribution in [0.1, 0.15) is 29.5 Å². The van der Waals surface area contributed by atoms with E-state index in [1.54, 1.807) is 0 Å². The van der Waals surface area contributed by atoms with Gasteiger partial charge >= 0.3 is 0 Å². The Morgan fingerprint density at radius 1 is 1.11 bits per heavy atom. The van der Waals surface area contributed by atoms with E-state index in [2.05, 4.69) is 28.4 Å². The molecule has 0 radical (unpaired) electrons. The van der Waals surface area contributed by atoms with E-state index in [0.717, 1.165) is 38.6 Å². The zero-order valence-electron chi connectivity index (χ0n) is 16.7. The Hall–Kier alpha value is -2.37. The highest BCUT2D eigenvalue weighted by atomic mass is 16.5. The third-order valence-corrected chi connectivity index (χ3v) is 4.90. The minimum absolute atomic E-state index is 0.0639. The van der Waals surface area contributed by atoms with Crippen molar-refractivity contribution in [2.45, 2.75) is 32.9 Å². The van der Waals surface area contributed by atoms with Gasteiger partial charge in [-0.3, -0.25) is 9.69 Å². The minimum atomic E-state index is 0.0639. The van der Waals surface area contributed by atoms with Crippen LogP contribution in [0.15, 0.2) is 48.5 Å². The van der Waals surface area contributed by atoms with Crippen LogP contribution in [-0.4, -0.2) is 43.7 Å². The number of carbonyl (C=O) groups excluding carboxylic acids is 1. The molecule has 2 aromatic carbocycles. The summed E-state index contributed by atoms with van der Waals surface area (Å²) in [6.45, 7) is 7.57. The monoisotopic (exact) mass is 382 g/mol. The van der Waals surface area contributed by atoms with Gasteiger partial charge in [0.25, 0.3) is 0 Å². The van der Waals surface area contributed by atoms with Crippen molar-refractivity contribution >= 4 is 5.91 Å². The van der Waals surface area contributed by atoms with Crippen molar-refractivity contribution in [2.75, 3.05) is 32.9 Å². The molecule has 0 atom stereocenters. The van der Waals surface area contributed by atoms with E-state index in [0.29, 0.717) is 26.0 Å². The fourth-order valence-corrected chi connectivity index (χ4v) is 3.29. The second-order valence-corrected chi connectivity index (χ2v) is 7.20. The van der Waals surface area contributed by atoms with E-state index in [4.69, 9.17) is 9.47 Å². The Kier molecular flexibility index (Phi) is 7.88. The summed E-state index contributed by atoms with van der Waals surface area (Å²) in [5, 5.41) is 3.05. The van der Waals surface area contributed by atoms with Crippen molar-refractivity contribution in [3.8, 4) is 5.75 Å². The third kappa shape index (κ3) is 6.66. The van der Waals surface area contributed by atoms with Gasteiger partial charge in [0.05, 0.1) is 19.8 Å². The molecular weight excluding hydrogens is 352 g/mol. The molecule has 2 aromatic rings. The van der Waals surface area contributed by atoms with Gasteiger partial charge in [0.2, 0.25) is 5.91 Å². The van der Waals surface area contributed by atoms with Gasteiger partial charge in [0, 0.05) is 32.6 Å². The number of benzene rings is 2. The zero-order valence-corrected chi connectivity index (χ0v) is 16.7. The maximum atomic E-state index is 12.2. The topological polar surface area (TPSA) is 50.8 Å². The summed E-state index contributed by atoms with van der Waals surface area (Å²) in [4.78, 5) is 14.6. The lowest BCUT2D eigenvalue weighted by molar-refractivity contribution is -0.121. The van der Waals surface area contributed by atoms with E-state index >= 15 is 0 Å². The van der Waals surface area contributed by atoms with Gasteiger partial charge in [-0.2, -0.15) is 0 Å². The fourth-order valence-electron chi connectivity index (χ4n) is 3.29. The number of hydrogen-bond acceptors (Lipinski definition) is 4. The van der Waals surface area contributed by atoms with E-state index in [1.807, 2.05) is 37.3 Å². The van der Waals surface area contributed by atoms with Gasteiger partial charge in [-0.15, -0.1) is 0 Å². The molecule has 1 N–H and O–H groups in total. The summed E-state index contributed by atoms with van der Waals surface area (Å²) in [5.41, 5.74) is 3.62. The molecule has 0 spiro atoms. The van der Waals surface area contributed by atoms with Gasteiger partial charge in [-0.05, 0) is 42.2 Å². The molecular formula is C23H30N2O3. The van der Waals surface area contributed by atoms with Crippen LogP contribution in [0, 0.1) is 6.92 Å². The van der Waals surface area contributed by atoms with Crippen LogP contribution in [0.4, 0.5) is 0 Å². The molecule has 0 saturated carbocycles. The smallest absolute Gasteiger partial charge is 0.220 e. The molecule has 1 heterocycles. The molecule has 1 saturated heterocycles. The Morgan fingerprint density at radius 3 is 2.68 bits per heavy atom. The fraction of sp³-hybridized carbons (Fsp3) is 0.435.